The minimum atomic E-state index is -0.00630. The van der Waals surface area contributed by atoms with Crippen molar-refractivity contribution in [3.05, 3.63) is 59.7 Å². The first-order valence-corrected chi connectivity index (χ1v) is 7.50. The van der Waals surface area contributed by atoms with Crippen LogP contribution >= 0.6 is 0 Å². The van der Waals surface area contributed by atoms with E-state index in [1.165, 1.54) is 0 Å². The lowest BCUT2D eigenvalue weighted by atomic mass is 10.1. The van der Waals surface area contributed by atoms with Crippen molar-refractivity contribution in [3.8, 4) is 0 Å². The zero-order valence-electron chi connectivity index (χ0n) is 12.5. The maximum absolute atomic E-state index is 9.17. The average molecular weight is 285 g/mol. The molecule has 21 heavy (non-hydrogen) atoms. The van der Waals surface area contributed by atoms with Gasteiger partial charge in [0, 0.05) is 30.9 Å². The van der Waals surface area contributed by atoms with E-state index in [-0.39, 0.29) is 6.61 Å². The van der Waals surface area contributed by atoms with E-state index >= 15 is 0 Å². The lowest BCUT2D eigenvalue weighted by Gasteiger charge is -2.18. The summed E-state index contributed by atoms with van der Waals surface area (Å²) in [5, 5.41) is 12.7. The molecule has 2 heterocycles. The summed E-state index contributed by atoms with van der Waals surface area (Å²) in [6, 6.07) is 12.2. The number of pyridine rings is 2. The van der Waals surface area contributed by atoms with Gasteiger partial charge in [-0.15, -0.1) is 0 Å². The molecule has 0 fully saturated rings. The molecule has 1 atom stereocenters. The maximum Gasteiger partial charge on any atom is 0.0853 e. The van der Waals surface area contributed by atoms with Crippen LogP contribution in [0.5, 0.6) is 0 Å². The molecule has 0 saturated heterocycles. The molecule has 0 aliphatic carbocycles. The molecule has 2 aromatic heterocycles. The number of aliphatic hydroxyl groups is 1. The first kappa shape index (κ1) is 15.6. The molecule has 2 aromatic rings. The Morgan fingerprint density at radius 1 is 1.10 bits per heavy atom. The van der Waals surface area contributed by atoms with E-state index in [1.54, 1.807) is 0 Å². The third-order valence-corrected chi connectivity index (χ3v) is 3.42. The van der Waals surface area contributed by atoms with E-state index < -0.39 is 0 Å². The number of nitrogens with zero attached hydrogens (tertiary/aromatic N) is 2. The molecule has 0 spiro atoms. The molecule has 0 saturated carbocycles. The van der Waals surface area contributed by atoms with Crippen molar-refractivity contribution in [2.45, 2.75) is 45.4 Å². The molecular formula is C17H23N3O. The summed E-state index contributed by atoms with van der Waals surface area (Å²) in [6.45, 7) is 2.95. The molecule has 0 aliphatic rings. The first-order chi connectivity index (χ1) is 10.3. The molecule has 4 nitrogen and oxygen atoms in total. The number of aliphatic hydroxyl groups excluding tert-OH is 1. The Morgan fingerprint density at radius 2 is 1.90 bits per heavy atom. The van der Waals surface area contributed by atoms with Gasteiger partial charge >= 0.3 is 0 Å². The lowest BCUT2D eigenvalue weighted by Crippen LogP contribution is -2.31. The largest absolute Gasteiger partial charge is 0.390 e. The fraction of sp³-hybridized carbons (Fsp3) is 0.412. The van der Waals surface area contributed by atoms with Gasteiger partial charge in [-0.05, 0) is 30.7 Å². The van der Waals surface area contributed by atoms with Gasteiger partial charge in [-0.3, -0.25) is 9.97 Å². The predicted octanol–water partition coefficient (Wildman–Crippen LogP) is 2.47. The second-order valence-corrected chi connectivity index (χ2v) is 5.17. The molecule has 2 rings (SSSR count). The van der Waals surface area contributed by atoms with E-state index in [4.69, 9.17) is 5.11 Å². The average Bonchev–Trinajstić information content (AvgIpc) is 2.54. The Bertz CT molecular complexity index is 531. The molecule has 1 unspecified atom stereocenters. The van der Waals surface area contributed by atoms with Crippen LogP contribution in [-0.4, -0.2) is 21.1 Å². The van der Waals surface area contributed by atoms with Crippen molar-refractivity contribution in [2.75, 3.05) is 0 Å². The quantitative estimate of drug-likeness (QED) is 0.782. The summed E-state index contributed by atoms with van der Waals surface area (Å²) in [5.41, 5.74) is 2.80. The Balaban J connectivity index is 1.94. The van der Waals surface area contributed by atoms with Gasteiger partial charge < -0.3 is 10.4 Å². The van der Waals surface area contributed by atoms with Gasteiger partial charge in [0.1, 0.15) is 0 Å². The van der Waals surface area contributed by atoms with E-state index in [1.807, 2.05) is 42.6 Å². The van der Waals surface area contributed by atoms with Gasteiger partial charge in [0.25, 0.3) is 0 Å². The lowest BCUT2D eigenvalue weighted by molar-refractivity contribution is 0.276. The van der Waals surface area contributed by atoms with Crippen LogP contribution in [0.25, 0.3) is 0 Å². The van der Waals surface area contributed by atoms with Crippen molar-refractivity contribution in [2.24, 2.45) is 0 Å². The van der Waals surface area contributed by atoms with Crippen LogP contribution < -0.4 is 5.32 Å². The van der Waals surface area contributed by atoms with Crippen molar-refractivity contribution in [1.82, 2.24) is 15.3 Å². The van der Waals surface area contributed by atoms with Crippen LogP contribution in [0.2, 0.25) is 0 Å². The Hall–Kier alpha value is -1.78. The van der Waals surface area contributed by atoms with Crippen molar-refractivity contribution in [3.63, 3.8) is 0 Å². The number of nitrogens with one attached hydrogen (secondary N) is 1. The third kappa shape index (κ3) is 5.25. The van der Waals surface area contributed by atoms with Crippen LogP contribution in [0.4, 0.5) is 0 Å². The molecule has 0 aromatic carbocycles. The first-order valence-electron chi connectivity index (χ1n) is 7.50. The fourth-order valence-corrected chi connectivity index (χ4v) is 2.36. The van der Waals surface area contributed by atoms with E-state index in [2.05, 4.69) is 22.2 Å². The summed E-state index contributed by atoms with van der Waals surface area (Å²) < 4.78 is 0. The predicted molar refractivity (Wildman–Crippen MR) is 83.6 cm³/mol. The van der Waals surface area contributed by atoms with Gasteiger partial charge in [0.2, 0.25) is 0 Å². The van der Waals surface area contributed by atoms with Gasteiger partial charge in [-0.25, -0.2) is 0 Å². The van der Waals surface area contributed by atoms with E-state index in [0.717, 1.165) is 42.9 Å². The Morgan fingerprint density at radius 3 is 2.62 bits per heavy atom. The van der Waals surface area contributed by atoms with Crippen LogP contribution in [0, 0.1) is 0 Å². The fourth-order valence-electron chi connectivity index (χ4n) is 2.36. The molecule has 2 N–H and O–H groups in total. The third-order valence-electron chi connectivity index (χ3n) is 3.42. The number of hydrogen-bond donors (Lipinski definition) is 2. The monoisotopic (exact) mass is 285 g/mol. The van der Waals surface area contributed by atoms with Crippen LogP contribution in [0.1, 0.15) is 36.8 Å². The number of aromatic nitrogens is 2. The summed E-state index contributed by atoms with van der Waals surface area (Å²) >= 11 is 0. The molecule has 0 amide bonds. The van der Waals surface area contributed by atoms with Gasteiger partial charge in [0.15, 0.2) is 0 Å². The van der Waals surface area contributed by atoms with Gasteiger partial charge in [0.05, 0.1) is 18.0 Å². The second-order valence-electron chi connectivity index (χ2n) is 5.17. The molecule has 0 radical (unpaired) electrons. The molecule has 0 bridgehead atoms. The minimum Gasteiger partial charge on any atom is -0.390 e. The molecular weight excluding hydrogens is 262 g/mol. The highest BCUT2D eigenvalue weighted by Gasteiger charge is 2.10. The molecule has 4 heteroatoms. The smallest absolute Gasteiger partial charge is 0.0853 e. The maximum atomic E-state index is 9.17. The summed E-state index contributed by atoms with van der Waals surface area (Å²) in [6.07, 6.45) is 4.91. The molecule has 112 valence electrons. The van der Waals surface area contributed by atoms with Crippen LogP contribution in [0.3, 0.4) is 0 Å². The van der Waals surface area contributed by atoms with Crippen molar-refractivity contribution >= 4 is 0 Å². The van der Waals surface area contributed by atoms with Crippen LogP contribution in [-0.2, 0) is 19.6 Å². The second kappa shape index (κ2) is 8.49. The summed E-state index contributed by atoms with van der Waals surface area (Å²) in [7, 11) is 0. The van der Waals surface area contributed by atoms with Gasteiger partial charge in [-0.1, -0.05) is 25.5 Å². The standard InChI is InChI=1S/C17H23N3O/c1-2-6-14(19-12-16-7-3-4-10-18-16)11-15-8-5-9-17(13-21)20-15/h3-5,7-10,14,19,21H,2,6,11-13H2,1H3. The van der Waals surface area contributed by atoms with Gasteiger partial charge in [-0.2, -0.15) is 0 Å². The normalized spacial score (nSPS) is 12.3. The highest BCUT2D eigenvalue weighted by molar-refractivity contribution is 5.12. The van der Waals surface area contributed by atoms with Crippen molar-refractivity contribution < 1.29 is 5.11 Å². The number of rotatable bonds is 8. The van der Waals surface area contributed by atoms with E-state index in [9.17, 15) is 0 Å². The number of hydrogen-bond acceptors (Lipinski definition) is 4. The highest BCUT2D eigenvalue weighted by Crippen LogP contribution is 2.08. The highest BCUT2D eigenvalue weighted by atomic mass is 16.3. The van der Waals surface area contributed by atoms with E-state index in [0.29, 0.717) is 6.04 Å². The van der Waals surface area contributed by atoms with Crippen molar-refractivity contribution in [1.29, 1.82) is 0 Å². The zero-order chi connectivity index (χ0) is 14.9. The minimum absolute atomic E-state index is 0.00630. The summed E-state index contributed by atoms with van der Waals surface area (Å²) in [4.78, 5) is 8.80. The topological polar surface area (TPSA) is 58.0 Å². The SMILES string of the molecule is CCCC(Cc1cccc(CO)n1)NCc1ccccn1. The zero-order valence-corrected chi connectivity index (χ0v) is 12.5. The Labute approximate surface area is 126 Å². The molecule has 0 aliphatic heterocycles. The Kier molecular flexibility index (Phi) is 6.31. The van der Waals surface area contributed by atoms with Crippen LogP contribution in [0.15, 0.2) is 42.6 Å². The summed E-state index contributed by atoms with van der Waals surface area (Å²) in [5.74, 6) is 0.